The van der Waals surface area contributed by atoms with Crippen LogP contribution in [0.4, 0.5) is 0 Å². The van der Waals surface area contributed by atoms with E-state index in [-0.39, 0.29) is 11.6 Å². The third kappa shape index (κ3) is 3.06. The van der Waals surface area contributed by atoms with Crippen molar-refractivity contribution in [2.45, 2.75) is 6.54 Å². The first-order valence-electron chi connectivity index (χ1n) is 9.06. The van der Waals surface area contributed by atoms with Crippen LogP contribution in [0.15, 0.2) is 71.9 Å². The van der Waals surface area contributed by atoms with Crippen molar-refractivity contribution in [2.75, 3.05) is 0 Å². The fourth-order valence-corrected chi connectivity index (χ4v) is 3.36. The lowest BCUT2D eigenvalue weighted by Gasteiger charge is -2.11. The number of amides is 1. The molecular weight excluding hydrogens is 368 g/mol. The van der Waals surface area contributed by atoms with Gasteiger partial charge in [-0.15, -0.1) is 0 Å². The zero-order valence-electron chi connectivity index (χ0n) is 15.2. The molecule has 8 nitrogen and oxygen atoms in total. The molecule has 1 amide bonds. The van der Waals surface area contributed by atoms with Gasteiger partial charge in [0.2, 0.25) is 0 Å². The summed E-state index contributed by atoms with van der Waals surface area (Å²) in [5, 5.41) is 2.92. The first kappa shape index (κ1) is 16.9. The van der Waals surface area contributed by atoms with E-state index in [0.717, 1.165) is 16.6 Å². The van der Waals surface area contributed by atoms with Gasteiger partial charge >= 0.3 is 5.69 Å². The largest absolute Gasteiger partial charge is 0.348 e. The van der Waals surface area contributed by atoms with Crippen molar-refractivity contribution in [1.82, 2.24) is 29.8 Å². The number of hydrogen-bond acceptors (Lipinski definition) is 4. The number of hydrogen-bond donors (Lipinski definition) is 3. The van der Waals surface area contributed by atoms with Gasteiger partial charge in [0.25, 0.3) is 5.91 Å². The lowest BCUT2D eigenvalue weighted by Crippen LogP contribution is -2.23. The minimum absolute atomic E-state index is 0.237. The number of H-pyrrole nitrogens is 2. The van der Waals surface area contributed by atoms with Gasteiger partial charge in [0.05, 0.1) is 22.1 Å². The lowest BCUT2D eigenvalue weighted by molar-refractivity contribution is 0.0951. The van der Waals surface area contributed by atoms with E-state index < -0.39 is 0 Å². The van der Waals surface area contributed by atoms with Crippen molar-refractivity contribution in [1.29, 1.82) is 0 Å². The highest BCUT2D eigenvalue weighted by Gasteiger charge is 2.12. The molecule has 0 radical (unpaired) electrons. The molecule has 0 aliphatic rings. The maximum absolute atomic E-state index is 12.6. The fraction of sp³-hybridized carbons (Fsp3) is 0.0476. The summed E-state index contributed by atoms with van der Waals surface area (Å²) >= 11 is 0. The van der Waals surface area contributed by atoms with Crippen molar-refractivity contribution < 1.29 is 4.79 Å². The molecule has 29 heavy (non-hydrogen) atoms. The highest BCUT2D eigenvalue weighted by Crippen LogP contribution is 2.19. The molecule has 2 aromatic carbocycles. The molecule has 3 heterocycles. The summed E-state index contributed by atoms with van der Waals surface area (Å²) in [6.07, 6.45) is 3.44. The number of pyridine rings is 1. The Bertz CT molecular complexity index is 1410. The average Bonchev–Trinajstić information content (AvgIpc) is 3.34. The molecule has 0 atom stereocenters. The molecule has 0 aliphatic heterocycles. The van der Waals surface area contributed by atoms with Gasteiger partial charge in [-0.25, -0.2) is 14.8 Å². The van der Waals surface area contributed by atoms with Crippen molar-refractivity contribution in [3.05, 3.63) is 88.7 Å². The van der Waals surface area contributed by atoms with Gasteiger partial charge in [0, 0.05) is 23.9 Å². The number of para-hydroxylation sites is 2. The first-order chi connectivity index (χ1) is 14.2. The summed E-state index contributed by atoms with van der Waals surface area (Å²) in [6.45, 7) is 0.302. The first-order valence-corrected chi connectivity index (χ1v) is 9.06. The quantitative estimate of drug-likeness (QED) is 0.442. The molecule has 3 N–H and O–H groups in total. The third-order valence-corrected chi connectivity index (χ3v) is 4.77. The van der Waals surface area contributed by atoms with E-state index in [2.05, 4.69) is 25.3 Å². The standard InChI is InChI=1S/C21H16N6O2/c28-20(13-7-8-15-17(10-13)26-21(29)25-15)23-11-14-4-3-9-22-19(14)27-12-24-16-5-1-2-6-18(16)27/h1-10,12H,11H2,(H,23,28)(H2,25,26,29). The van der Waals surface area contributed by atoms with Gasteiger partial charge < -0.3 is 15.3 Å². The highest BCUT2D eigenvalue weighted by atomic mass is 16.2. The molecule has 0 spiro atoms. The molecule has 0 unspecified atom stereocenters. The van der Waals surface area contributed by atoms with Gasteiger partial charge in [-0.05, 0) is 36.4 Å². The summed E-state index contributed by atoms with van der Waals surface area (Å²) in [5.41, 5.74) is 4.10. The molecule has 0 saturated heterocycles. The number of aromatic amines is 2. The SMILES string of the molecule is O=C(NCc1cccnc1-n1cnc2ccccc21)c1ccc2[nH]c(=O)[nH]c2c1. The van der Waals surface area contributed by atoms with Crippen molar-refractivity contribution in [2.24, 2.45) is 0 Å². The van der Waals surface area contributed by atoms with Crippen LogP contribution in [0.25, 0.3) is 27.9 Å². The molecule has 0 aliphatic carbocycles. The second-order valence-electron chi connectivity index (χ2n) is 6.61. The lowest BCUT2D eigenvalue weighted by atomic mass is 10.1. The monoisotopic (exact) mass is 384 g/mol. The van der Waals surface area contributed by atoms with Gasteiger partial charge in [-0.2, -0.15) is 0 Å². The zero-order valence-corrected chi connectivity index (χ0v) is 15.2. The second kappa shape index (κ2) is 6.75. The van der Waals surface area contributed by atoms with E-state index in [1.54, 1.807) is 30.7 Å². The Hall–Kier alpha value is -4.20. The smallest absolute Gasteiger partial charge is 0.323 e. The Labute approximate surface area is 164 Å². The topological polar surface area (TPSA) is 108 Å². The molecule has 0 saturated carbocycles. The Morgan fingerprint density at radius 1 is 1.00 bits per heavy atom. The predicted octanol–water partition coefficient (Wildman–Crippen LogP) is 2.52. The van der Waals surface area contributed by atoms with Gasteiger partial charge in [-0.1, -0.05) is 18.2 Å². The molecule has 3 aromatic heterocycles. The van der Waals surface area contributed by atoms with Crippen molar-refractivity contribution in [3.8, 4) is 5.82 Å². The summed E-state index contributed by atoms with van der Waals surface area (Å²) in [4.78, 5) is 38.3. The van der Waals surface area contributed by atoms with Crippen LogP contribution in [-0.2, 0) is 6.54 Å². The molecular formula is C21H16N6O2. The van der Waals surface area contributed by atoms with Crippen LogP contribution in [0.5, 0.6) is 0 Å². The van der Waals surface area contributed by atoms with E-state index in [0.29, 0.717) is 29.0 Å². The fourth-order valence-electron chi connectivity index (χ4n) is 3.36. The summed E-state index contributed by atoms with van der Waals surface area (Å²) in [6, 6.07) is 16.6. The molecule has 5 rings (SSSR count). The maximum Gasteiger partial charge on any atom is 0.323 e. The number of imidazole rings is 2. The normalized spacial score (nSPS) is 11.2. The number of carbonyl (C=O) groups is 1. The van der Waals surface area contributed by atoms with Crippen LogP contribution in [0, 0.1) is 0 Å². The second-order valence-corrected chi connectivity index (χ2v) is 6.61. The molecule has 8 heteroatoms. The Morgan fingerprint density at radius 2 is 1.86 bits per heavy atom. The minimum Gasteiger partial charge on any atom is -0.348 e. The summed E-state index contributed by atoms with van der Waals surface area (Å²) in [7, 11) is 0. The van der Waals surface area contributed by atoms with E-state index >= 15 is 0 Å². The van der Waals surface area contributed by atoms with Gasteiger partial charge in [0.1, 0.15) is 12.1 Å². The van der Waals surface area contributed by atoms with Crippen LogP contribution in [0.2, 0.25) is 0 Å². The van der Waals surface area contributed by atoms with E-state index in [9.17, 15) is 9.59 Å². The van der Waals surface area contributed by atoms with E-state index in [1.807, 2.05) is 41.0 Å². The number of benzene rings is 2. The Morgan fingerprint density at radius 3 is 2.79 bits per heavy atom. The summed E-state index contributed by atoms with van der Waals surface area (Å²) < 4.78 is 1.91. The predicted molar refractivity (Wildman–Crippen MR) is 109 cm³/mol. The van der Waals surface area contributed by atoms with Crippen LogP contribution >= 0.6 is 0 Å². The summed E-state index contributed by atoms with van der Waals surface area (Å²) in [5.74, 6) is 0.478. The zero-order chi connectivity index (χ0) is 19.8. The number of aromatic nitrogens is 5. The van der Waals surface area contributed by atoms with Crippen LogP contribution in [0.3, 0.4) is 0 Å². The molecule has 142 valence electrons. The third-order valence-electron chi connectivity index (χ3n) is 4.77. The van der Waals surface area contributed by atoms with E-state index in [1.165, 1.54) is 0 Å². The Kier molecular flexibility index (Phi) is 3.94. The molecule has 0 bridgehead atoms. The minimum atomic E-state index is -0.301. The maximum atomic E-state index is 12.6. The Balaban J connectivity index is 1.42. The van der Waals surface area contributed by atoms with E-state index in [4.69, 9.17) is 0 Å². The number of carbonyl (C=O) groups excluding carboxylic acids is 1. The van der Waals surface area contributed by atoms with Crippen LogP contribution in [0.1, 0.15) is 15.9 Å². The number of nitrogens with zero attached hydrogens (tertiary/aromatic N) is 3. The average molecular weight is 384 g/mol. The van der Waals surface area contributed by atoms with Crippen LogP contribution < -0.4 is 11.0 Å². The molecule has 0 fully saturated rings. The van der Waals surface area contributed by atoms with Gasteiger partial charge in [-0.3, -0.25) is 9.36 Å². The van der Waals surface area contributed by atoms with Gasteiger partial charge in [0.15, 0.2) is 0 Å². The number of nitrogens with one attached hydrogen (secondary N) is 3. The number of rotatable bonds is 4. The number of fused-ring (bicyclic) bond motifs is 2. The van der Waals surface area contributed by atoms with Crippen molar-refractivity contribution >= 4 is 28.0 Å². The highest BCUT2D eigenvalue weighted by molar-refractivity contribution is 5.97. The molecule has 5 aromatic rings. The van der Waals surface area contributed by atoms with Crippen molar-refractivity contribution in [3.63, 3.8) is 0 Å². The van der Waals surface area contributed by atoms with Crippen LogP contribution in [-0.4, -0.2) is 30.4 Å².